The van der Waals surface area contributed by atoms with Gasteiger partial charge in [0.05, 0.1) is 0 Å². The highest BCUT2D eigenvalue weighted by molar-refractivity contribution is 5.73. The summed E-state index contributed by atoms with van der Waals surface area (Å²) in [6, 6.07) is 4.19. The predicted octanol–water partition coefficient (Wildman–Crippen LogP) is 2.40. The molecule has 2 atom stereocenters. The van der Waals surface area contributed by atoms with Crippen molar-refractivity contribution in [3.8, 4) is 0 Å². The maximum atomic E-state index is 13.0. The van der Waals surface area contributed by atoms with E-state index in [1.54, 1.807) is 6.07 Å². The summed E-state index contributed by atoms with van der Waals surface area (Å²) in [6.45, 7) is 1.85. The molecule has 2 N–H and O–H groups in total. The van der Waals surface area contributed by atoms with E-state index in [9.17, 15) is 9.18 Å². The van der Waals surface area contributed by atoms with Crippen LogP contribution in [0, 0.1) is 12.7 Å². The fourth-order valence-corrected chi connectivity index (χ4v) is 2.41. The predicted molar refractivity (Wildman–Crippen MR) is 62.3 cm³/mol. The van der Waals surface area contributed by atoms with Gasteiger partial charge in [-0.1, -0.05) is 6.07 Å². The van der Waals surface area contributed by atoms with E-state index in [-0.39, 0.29) is 11.9 Å². The molecule has 0 aromatic heterocycles. The monoisotopic (exact) mass is 237 g/mol. The van der Waals surface area contributed by atoms with Crippen LogP contribution in [0.5, 0.6) is 0 Å². The molecular formula is C13H16FNO2. The van der Waals surface area contributed by atoms with Gasteiger partial charge in [0, 0.05) is 6.04 Å². The van der Waals surface area contributed by atoms with Crippen molar-refractivity contribution in [1.82, 2.24) is 5.32 Å². The van der Waals surface area contributed by atoms with Crippen molar-refractivity contribution in [3.63, 3.8) is 0 Å². The molecule has 0 bridgehead atoms. The Morgan fingerprint density at radius 3 is 2.88 bits per heavy atom. The average Bonchev–Trinajstić information content (AvgIpc) is 2.29. The minimum absolute atomic E-state index is 0.0189. The molecule has 1 fully saturated rings. The number of carboxylic acids is 1. The van der Waals surface area contributed by atoms with Crippen molar-refractivity contribution in [3.05, 3.63) is 35.1 Å². The Balaban J connectivity index is 2.19. The molecule has 0 radical (unpaired) electrons. The summed E-state index contributed by atoms with van der Waals surface area (Å²) in [6.07, 6.45) is 2.44. The van der Waals surface area contributed by atoms with Gasteiger partial charge in [0.2, 0.25) is 0 Å². The number of hydrogen-bond acceptors (Lipinski definition) is 2. The Kier molecular flexibility index (Phi) is 3.43. The van der Waals surface area contributed by atoms with Crippen molar-refractivity contribution in [2.75, 3.05) is 0 Å². The third-order valence-electron chi connectivity index (χ3n) is 3.29. The van der Waals surface area contributed by atoms with Gasteiger partial charge in [-0.3, -0.25) is 10.1 Å². The largest absolute Gasteiger partial charge is 0.480 e. The fourth-order valence-electron chi connectivity index (χ4n) is 2.41. The minimum Gasteiger partial charge on any atom is -0.480 e. The zero-order valence-electron chi connectivity index (χ0n) is 9.74. The van der Waals surface area contributed by atoms with Gasteiger partial charge in [-0.25, -0.2) is 4.39 Å². The van der Waals surface area contributed by atoms with E-state index in [2.05, 4.69) is 5.32 Å². The fraction of sp³-hybridized carbons (Fsp3) is 0.462. The molecule has 1 aromatic rings. The van der Waals surface area contributed by atoms with Crippen LogP contribution in [0.3, 0.4) is 0 Å². The van der Waals surface area contributed by atoms with Crippen LogP contribution < -0.4 is 5.32 Å². The molecule has 1 aliphatic heterocycles. The Labute approximate surface area is 99.7 Å². The minimum atomic E-state index is -0.811. The molecule has 1 aromatic carbocycles. The van der Waals surface area contributed by atoms with Crippen LogP contribution in [0.1, 0.15) is 36.4 Å². The highest BCUT2D eigenvalue weighted by atomic mass is 19.1. The van der Waals surface area contributed by atoms with Crippen molar-refractivity contribution < 1.29 is 14.3 Å². The van der Waals surface area contributed by atoms with E-state index in [1.165, 1.54) is 12.1 Å². The summed E-state index contributed by atoms with van der Waals surface area (Å²) in [7, 11) is 0. The lowest BCUT2D eigenvalue weighted by molar-refractivity contribution is -0.140. The van der Waals surface area contributed by atoms with Gasteiger partial charge in [0.1, 0.15) is 11.9 Å². The summed E-state index contributed by atoms with van der Waals surface area (Å²) in [5.74, 6) is -1.06. The van der Waals surface area contributed by atoms with Gasteiger partial charge >= 0.3 is 5.97 Å². The first-order valence-electron chi connectivity index (χ1n) is 5.83. The van der Waals surface area contributed by atoms with E-state index in [1.807, 2.05) is 6.92 Å². The third-order valence-corrected chi connectivity index (χ3v) is 3.29. The summed E-state index contributed by atoms with van der Waals surface area (Å²) in [5, 5.41) is 12.1. The molecule has 0 saturated carbocycles. The molecule has 1 heterocycles. The Hall–Kier alpha value is -1.42. The molecule has 2 rings (SSSR count). The number of halogens is 1. The standard InChI is InChI=1S/C13H16FNO2/c1-8-7-9(14)5-6-10(8)11-3-2-4-12(15-11)13(16)17/h5-7,11-12,15H,2-4H2,1H3,(H,16,17). The van der Waals surface area contributed by atoms with Gasteiger partial charge in [0.15, 0.2) is 0 Å². The van der Waals surface area contributed by atoms with Gasteiger partial charge in [-0.15, -0.1) is 0 Å². The smallest absolute Gasteiger partial charge is 0.320 e. The van der Waals surface area contributed by atoms with Crippen molar-refractivity contribution in [2.24, 2.45) is 0 Å². The number of rotatable bonds is 2. The SMILES string of the molecule is Cc1cc(F)ccc1C1CCCC(C(=O)O)N1. The highest BCUT2D eigenvalue weighted by Gasteiger charge is 2.27. The molecule has 3 nitrogen and oxygen atoms in total. The van der Waals surface area contributed by atoms with Crippen molar-refractivity contribution >= 4 is 5.97 Å². The topological polar surface area (TPSA) is 49.3 Å². The molecule has 92 valence electrons. The number of piperidine rings is 1. The molecule has 4 heteroatoms. The van der Waals surface area contributed by atoms with E-state index in [0.717, 1.165) is 24.0 Å². The zero-order chi connectivity index (χ0) is 12.4. The number of carboxylic acid groups (broad SMARTS) is 1. The summed E-state index contributed by atoms with van der Waals surface area (Å²) >= 11 is 0. The lowest BCUT2D eigenvalue weighted by Crippen LogP contribution is -2.42. The molecular weight excluding hydrogens is 221 g/mol. The lowest BCUT2D eigenvalue weighted by Gasteiger charge is -2.29. The maximum absolute atomic E-state index is 13.0. The summed E-state index contributed by atoms with van der Waals surface area (Å²) in [5.41, 5.74) is 1.87. The van der Waals surface area contributed by atoms with Crippen LogP contribution in [0.25, 0.3) is 0 Å². The molecule has 0 aliphatic carbocycles. The first kappa shape index (κ1) is 12.0. The number of carbonyl (C=O) groups is 1. The number of benzene rings is 1. The average molecular weight is 237 g/mol. The van der Waals surface area contributed by atoms with Gasteiger partial charge in [-0.2, -0.15) is 0 Å². The van der Waals surface area contributed by atoms with Crippen molar-refractivity contribution in [1.29, 1.82) is 0 Å². The molecule has 2 unspecified atom stereocenters. The second-order valence-corrected chi connectivity index (χ2v) is 4.54. The first-order chi connectivity index (χ1) is 8.08. The Morgan fingerprint density at radius 2 is 2.24 bits per heavy atom. The van der Waals surface area contributed by atoms with Crippen LogP contribution in [-0.2, 0) is 4.79 Å². The van der Waals surface area contributed by atoms with E-state index in [4.69, 9.17) is 5.11 Å². The first-order valence-corrected chi connectivity index (χ1v) is 5.83. The number of nitrogens with one attached hydrogen (secondary N) is 1. The van der Waals surface area contributed by atoms with Crippen molar-refractivity contribution in [2.45, 2.75) is 38.3 Å². The normalized spacial score (nSPS) is 24.6. The number of aliphatic carboxylic acids is 1. The van der Waals surface area contributed by atoms with Crippen LogP contribution in [-0.4, -0.2) is 17.1 Å². The van der Waals surface area contributed by atoms with Crippen LogP contribution in [0.15, 0.2) is 18.2 Å². The second-order valence-electron chi connectivity index (χ2n) is 4.54. The zero-order valence-corrected chi connectivity index (χ0v) is 9.74. The number of hydrogen-bond donors (Lipinski definition) is 2. The molecule has 0 amide bonds. The quantitative estimate of drug-likeness (QED) is 0.830. The molecule has 17 heavy (non-hydrogen) atoms. The third kappa shape index (κ3) is 2.64. The summed E-state index contributed by atoms with van der Waals surface area (Å²) in [4.78, 5) is 10.9. The van der Waals surface area contributed by atoms with Crippen LogP contribution in [0.4, 0.5) is 4.39 Å². The Morgan fingerprint density at radius 1 is 1.47 bits per heavy atom. The van der Waals surface area contributed by atoms with E-state index < -0.39 is 12.0 Å². The molecule has 1 saturated heterocycles. The summed E-state index contributed by atoms with van der Waals surface area (Å²) < 4.78 is 13.0. The number of aryl methyl sites for hydroxylation is 1. The van der Waals surface area contributed by atoms with Crippen LogP contribution >= 0.6 is 0 Å². The second kappa shape index (κ2) is 4.84. The van der Waals surface area contributed by atoms with Crippen LogP contribution in [0.2, 0.25) is 0 Å². The van der Waals surface area contributed by atoms with Gasteiger partial charge < -0.3 is 5.11 Å². The van der Waals surface area contributed by atoms with Gasteiger partial charge in [-0.05, 0) is 49.4 Å². The molecule has 0 spiro atoms. The van der Waals surface area contributed by atoms with E-state index in [0.29, 0.717) is 6.42 Å². The molecule has 1 aliphatic rings. The lowest BCUT2D eigenvalue weighted by atomic mass is 9.91. The maximum Gasteiger partial charge on any atom is 0.320 e. The highest BCUT2D eigenvalue weighted by Crippen LogP contribution is 2.28. The Bertz CT molecular complexity index is 433. The van der Waals surface area contributed by atoms with E-state index >= 15 is 0 Å². The van der Waals surface area contributed by atoms with Gasteiger partial charge in [0.25, 0.3) is 0 Å².